The van der Waals surface area contributed by atoms with E-state index in [0.29, 0.717) is 11.4 Å². The molecular formula is C23H22N4OS. The van der Waals surface area contributed by atoms with Gasteiger partial charge in [-0.2, -0.15) is 0 Å². The number of para-hydroxylation sites is 1. The number of rotatable bonds is 5. The van der Waals surface area contributed by atoms with Gasteiger partial charge in [-0.25, -0.2) is 9.97 Å². The predicted molar refractivity (Wildman–Crippen MR) is 119 cm³/mol. The highest BCUT2D eigenvalue weighted by Crippen LogP contribution is 2.37. The lowest BCUT2D eigenvalue weighted by Crippen LogP contribution is -2.25. The number of nitrogens with zero attached hydrogens (tertiary/aromatic N) is 4. The number of thiophene rings is 1. The van der Waals surface area contributed by atoms with E-state index < -0.39 is 0 Å². The van der Waals surface area contributed by atoms with Crippen LogP contribution >= 0.6 is 11.3 Å². The van der Waals surface area contributed by atoms with Gasteiger partial charge in [0.1, 0.15) is 17.0 Å². The maximum absolute atomic E-state index is 13.2. The number of amides is 1. The number of anilines is 2. The van der Waals surface area contributed by atoms with E-state index in [1.165, 1.54) is 11.3 Å². The van der Waals surface area contributed by atoms with Crippen LogP contribution in [-0.4, -0.2) is 34.9 Å². The van der Waals surface area contributed by atoms with Crippen LogP contribution in [0.4, 0.5) is 11.5 Å². The minimum absolute atomic E-state index is 0.00247. The third-order valence-electron chi connectivity index (χ3n) is 4.97. The lowest BCUT2D eigenvalue weighted by Gasteiger charge is -2.19. The number of benzene rings is 2. The van der Waals surface area contributed by atoms with Crippen LogP contribution in [0.5, 0.6) is 0 Å². The summed E-state index contributed by atoms with van der Waals surface area (Å²) in [6.45, 7) is 2.55. The summed E-state index contributed by atoms with van der Waals surface area (Å²) in [7, 11) is 3.82. The molecule has 2 aromatic carbocycles. The number of hydrogen-bond donors (Lipinski definition) is 0. The molecule has 29 heavy (non-hydrogen) atoms. The molecule has 0 saturated carbocycles. The van der Waals surface area contributed by atoms with Crippen LogP contribution in [-0.2, 0) is 6.54 Å². The fourth-order valence-electron chi connectivity index (χ4n) is 3.39. The topological polar surface area (TPSA) is 49.3 Å². The average molecular weight is 403 g/mol. The van der Waals surface area contributed by atoms with Crippen molar-refractivity contribution in [2.24, 2.45) is 0 Å². The summed E-state index contributed by atoms with van der Waals surface area (Å²) in [5, 5.41) is 0.931. The third-order valence-corrected chi connectivity index (χ3v) is 6.16. The van der Waals surface area contributed by atoms with Crippen molar-refractivity contribution in [3.63, 3.8) is 0 Å². The fraction of sp³-hybridized carbons (Fsp3) is 0.174. The minimum atomic E-state index is 0.00247. The smallest absolute Gasteiger partial charge is 0.264 e. The maximum Gasteiger partial charge on any atom is 0.264 e. The zero-order valence-electron chi connectivity index (χ0n) is 16.7. The van der Waals surface area contributed by atoms with Crippen LogP contribution < -0.4 is 4.90 Å². The number of fused-ring (bicyclic) bond motifs is 1. The summed E-state index contributed by atoms with van der Waals surface area (Å²) in [5.74, 6) is 0.808. The molecule has 2 aromatic heterocycles. The van der Waals surface area contributed by atoms with Crippen molar-refractivity contribution in [1.29, 1.82) is 0 Å². The highest BCUT2D eigenvalue weighted by molar-refractivity contribution is 7.20. The molecule has 4 rings (SSSR count). The van der Waals surface area contributed by atoms with Crippen molar-refractivity contribution in [3.8, 4) is 0 Å². The van der Waals surface area contributed by atoms with Gasteiger partial charge in [0.2, 0.25) is 0 Å². The van der Waals surface area contributed by atoms with Gasteiger partial charge in [0.05, 0.1) is 10.3 Å². The Bertz CT molecular complexity index is 1140. The van der Waals surface area contributed by atoms with Gasteiger partial charge in [-0.15, -0.1) is 11.3 Å². The highest BCUT2D eigenvalue weighted by atomic mass is 32.1. The fourth-order valence-corrected chi connectivity index (χ4v) is 4.53. The lowest BCUT2D eigenvalue weighted by atomic mass is 10.1. The maximum atomic E-state index is 13.2. The quantitative estimate of drug-likeness (QED) is 0.469. The summed E-state index contributed by atoms with van der Waals surface area (Å²) in [4.78, 5) is 27.4. The molecule has 0 atom stereocenters. The van der Waals surface area contributed by atoms with Gasteiger partial charge in [-0.3, -0.25) is 4.79 Å². The molecule has 1 amide bonds. The van der Waals surface area contributed by atoms with Gasteiger partial charge >= 0.3 is 0 Å². The summed E-state index contributed by atoms with van der Waals surface area (Å²) in [6.07, 6.45) is 1.56. The molecule has 0 fully saturated rings. The van der Waals surface area contributed by atoms with E-state index in [1.807, 2.05) is 86.6 Å². The van der Waals surface area contributed by atoms with Gasteiger partial charge in [-0.1, -0.05) is 48.5 Å². The zero-order chi connectivity index (χ0) is 20.4. The van der Waals surface area contributed by atoms with Crippen molar-refractivity contribution in [2.75, 3.05) is 19.0 Å². The van der Waals surface area contributed by atoms with Crippen LogP contribution in [0.3, 0.4) is 0 Å². The van der Waals surface area contributed by atoms with Crippen molar-refractivity contribution in [1.82, 2.24) is 14.9 Å². The van der Waals surface area contributed by atoms with Gasteiger partial charge < -0.3 is 9.80 Å². The standard InChI is InChI=1S/C23H22N4OS/c1-16-19-21(27(3)18-12-8-5-9-13-18)24-15-25-22(19)29-20(16)23(28)26(2)14-17-10-6-4-7-11-17/h4-13,15H,14H2,1-3H3. The Balaban J connectivity index is 1.70. The third kappa shape index (κ3) is 3.71. The molecule has 0 N–H and O–H groups in total. The molecule has 0 spiro atoms. The number of hydrogen-bond acceptors (Lipinski definition) is 5. The molecule has 146 valence electrons. The number of carbonyl (C=O) groups is 1. The molecule has 0 saturated heterocycles. The molecule has 0 aliphatic carbocycles. The summed E-state index contributed by atoms with van der Waals surface area (Å²) >= 11 is 1.43. The normalized spacial score (nSPS) is 10.9. The van der Waals surface area contributed by atoms with E-state index >= 15 is 0 Å². The number of aromatic nitrogens is 2. The Morgan fingerprint density at radius 3 is 2.31 bits per heavy atom. The monoisotopic (exact) mass is 402 g/mol. The Morgan fingerprint density at radius 1 is 0.966 bits per heavy atom. The second kappa shape index (κ2) is 8.01. The number of aryl methyl sites for hydroxylation is 1. The van der Waals surface area contributed by atoms with E-state index in [1.54, 1.807) is 11.2 Å². The first kappa shape index (κ1) is 19.1. The largest absolute Gasteiger partial charge is 0.337 e. The first-order valence-corrected chi connectivity index (χ1v) is 10.2. The average Bonchev–Trinajstić information content (AvgIpc) is 3.10. The summed E-state index contributed by atoms with van der Waals surface area (Å²) in [6, 6.07) is 20.1. The van der Waals surface area contributed by atoms with Crippen LogP contribution in [0.2, 0.25) is 0 Å². The zero-order valence-corrected chi connectivity index (χ0v) is 17.5. The molecule has 5 nitrogen and oxygen atoms in total. The molecule has 2 heterocycles. The van der Waals surface area contributed by atoms with Crippen molar-refractivity contribution < 1.29 is 4.79 Å². The SMILES string of the molecule is Cc1c(C(=O)N(C)Cc2ccccc2)sc2ncnc(N(C)c3ccccc3)c12. The van der Waals surface area contributed by atoms with Gasteiger partial charge in [0.25, 0.3) is 5.91 Å². The van der Waals surface area contributed by atoms with E-state index in [-0.39, 0.29) is 5.91 Å². The van der Waals surface area contributed by atoms with E-state index in [4.69, 9.17) is 0 Å². The second-order valence-corrected chi connectivity index (χ2v) is 7.97. The van der Waals surface area contributed by atoms with Gasteiger partial charge in [-0.05, 0) is 30.2 Å². The van der Waals surface area contributed by atoms with E-state index in [0.717, 1.165) is 32.8 Å². The Morgan fingerprint density at radius 2 is 1.62 bits per heavy atom. The highest BCUT2D eigenvalue weighted by Gasteiger charge is 2.23. The summed E-state index contributed by atoms with van der Waals surface area (Å²) < 4.78 is 0. The van der Waals surface area contributed by atoms with Crippen LogP contribution in [0, 0.1) is 6.92 Å². The molecule has 0 bridgehead atoms. The lowest BCUT2D eigenvalue weighted by molar-refractivity contribution is 0.0789. The van der Waals surface area contributed by atoms with Crippen molar-refractivity contribution in [3.05, 3.63) is 83.0 Å². The molecule has 4 aromatic rings. The number of carbonyl (C=O) groups excluding carboxylic acids is 1. The molecule has 0 unspecified atom stereocenters. The van der Waals surface area contributed by atoms with E-state index in [2.05, 4.69) is 9.97 Å². The second-order valence-electron chi connectivity index (χ2n) is 6.97. The van der Waals surface area contributed by atoms with Crippen LogP contribution in [0.15, 0.2) is 67.0 Å². The predicted octanol–water partition coefficient (Wildman–Crippen LogP) is 5.04. The molecule has 0 radical (unpaired) electrons. The Labute approximate surface area is 174 Å². The van der Waals surface area contributed by atoms with Crippen LogP contribution in [0.1, 0.15) is 20.8 Å². The molecular weight excluding hydrogens is 380 g/mol. The first-order chi connectivity index (χ1) is 14.1. The Kier molecular flexibility index (Phi) is 5.27. The van der Waals surface area contributed by atoms with Gasteiger partial charge in [0.15, 0.2) is 0 Å². The van der Waals surface area contributed by atoms with Crippen LogP contribution in [0.25, 0.3) is 10.2 Å². The van der Waals surface area contributed by atoms with E-state index in [9.17, 15) is 4.79 Å². The summed E-state index contributed by atoms with van der Waals surface area (Å²) in [5.41, 5.74) is 3.06. The minimum Gasteiger partial charge on any atom is -0.337 e. The molecule has 0 aliphatic heterocycles. The first-order valence-electron chi connectivity index (χ1n) is 9.38. The van der Waals surface area contributed by atoms with Gasteiger partial charge in [0, 0.05) is 26.3 Å². The van der Waals surface area contributed by atoms with Crippen molar-refractivity contribution >= 4 is 39.0 Å². The van der Waals surface area contributed by atoms with Crippen molar-refractivity contribution in [2.45, 2.75) is 13.5 Å². The molecule has 6 heteroatoms. The Hall–Kier alpha value is -3.25. The molecule has 0 aliphatic rings.